The van der Waals surface area contributed by atoms with E-state index in [4.69, 9.17) is 14.2 Å². The average Bonchev–Trinajstić information content (AvgIpc) is 2.18. The van der Waals surface area contributed by atoms with Crippen molar-refractivity contribution in [3.63, 3.8) is 0 Å². The van der Waals surface area contributed by atoms with Gasteiger partial charge in [-0.2, -0.15) is 0 Å². The molecule has 1 rings (SSSR count). The summed E-state index contributed by atoms with van der Waals surface area (Å²) in [7, 11) is 3.11. The quantitative estimate of drug-likeness (QED) is 0.709. The lowest BCUT2D eigenvalue weighted by Crippen LogP contribution is -1.96. The van der Waals surface area contributed by atoms with Crippen LogP contribution in [-0.4, -0.2) is 25.8 Å². The van der Waals surface area contributed by atoms with E-state index in [2.05, 4.69) is 4.98 Å². The van der Waals surface area contributed by atoms with Crippen molar-refractivity contribution in [1.29, 1.82) is 0 Å². The van der Waals surface area contributed by atoms with Crippen molar-refractivity contribution in [2.75, 3.05) is 20.8 Å². The summed E-state index contributed by atoms with van der Waals surface area (Å²) in [6, 6.07) is 1.75. The number of hydrogen-bond donors (Lipinski definition) is 0. The summed E-state index contributed by atoms with van der Waals surface area (Å²) in [4.78, 5) is 4.01. The van der Waals surface area contributed by atoms with E-state index in [0.29, 0.717) is 24.0 Å². The molecule has 0 amide bonds. The van der Waals surface area contributed by atoms with Crippen LogP contribution >= 0.6 is 0 Å². The van der Waals surface area contributed by atoms with Crippen molar-refractivity contribution in [2.45, 2.75) is 6.92 Å². The smallest absolute Gasteiger partial charge is 0.256 e. The molecule has 0 N–H and O–H groups in total. The molecule has 0 aromatic carbocycles. The summed E-state index contributed by atoms with van der Waals surface area (Å²) in [6.45, 7) is 2.52. The van der Waals surface area contributed by atoms with Gasteiger partial charge in [0.05, 0.1) is 27.0 Å². The minimum atomic E-state index is 0.464. The predicted molar refractivity (Wildman–Crippen MR) is 48.5 cm³/mol. The normalized spacial score (nSPS) is 9.46. The van der Waals surface area contributed by atoms with E-state index in [1.54, 1.807) is 26.5 Å². The maximum absolute atomic E-state index is 5.25. The molecule has 0 atom stereocenters. The monoisotopic (exact) mass is 183 g/mol. The lowest BCUT2D eigenvalue weighted by atomic mass is 10.4. The van der Waals surface area contributed by atoms with Crippen LogP contribution in [0.4, 0.5) is 0 Å². The first-order valence-electron chi connectivity index (χ1n) is 4.02. The highest BCUT2D eigenvalue weighted by atomic mass is 16.5. The van der Waals surface area contributed by atoms with Gasteiger partial charge in [-0.15, -0.1) is 0 Å². The highest BCUT2D eigenvalue weighted by Gasteiger charge is 2.05. The number of ether oxygens (including phenoxy) is 3. The molecule has 1 aromatic heterocycles. The fraction of sp³-hybridized carbons (Fsp3) is 0.444. The van der Waals surface area contributed by atoms with Gasteiger partial charge in [-0.25, -0.2) is 4.98 Å². The standard InChI is InChI=1S/C9H13NO3/c1-4-13-7-5-8(11-2)9(12-3)10-6-7/h5-6H,4H2,1-3H3. The molecule has 0 fully saturated rings. The number of pyridine rings is 1. The lowest BCUT2D eigenvalue weighted by Gasteiger charge is -2.08. The van der Waals surface area contributed by atoms with E-state index in [-0.39, 0.29) is 0 Å². The molecule has 0 bridgehead atoms. The summed E-state index contributed by atoms with van der Waals surface area (Å²) >= 11 is 0. The molecule has 72 valence electrons. The lowest BCUT2D eigenvalue weighted by molar-refractivity contribution is 0.319. The first kappa shape index (κ1) is 9.64. The van der Waals surface area contributed by atoms with Crippen LogP contribution in [0.1, 0.15) is 6.92 Å². The summed E-state index contributed by atoms with van der Waals surface area (Å²) in [5.41, 5.74) is 0. The van der Waals surface area contributed by atoms with Crippen LogP contribution < -0.4 is 14.2 Å². The number of rotatable bonds is 4. The molecule has 0 unspecified atom stereocenters. The number of hydrogen-bond acceptors (Lipinski definition) is 4. The van der Waals surface area contributed by atoms with Crippen molar-refractivity contribution >= 4 is 0 Å². The van der Waals surface area contributed by atoms with Crippen LogP contribution in [0.5, 0.6) is 17.4 Å². The van der Waals surface area contributed by atoms with Gasteiger partial charge in [-0.3, -0.25) is 0 Å². The van der Waals surface area contributed by atoms with Gasteiger partial charge in [-0.1, -0.05) is 0 Å². The van der Waals surface area contributed by atoms with Crippen molar-refractivity contribution < 1.29 is 14.2 Å². The van der Waals surface area contributed by atoms with E-state index in [1.165, 1.54) is 0 Å². The molecule has 0 aliphatic carbocycles. The van der Waals surface area contributed by atoms with Gasteiger partial charge in [0.1, 0.15) is 5.75 Å². The van der Waals surface area contributed by atoms with E-state index in [1.807, 2.05) is 6.92 Å². The molecule has 13 heavy (non-hydrogen) atoms. The summed E-state index contributed by atoms with van der Waals surface area (Å²) < 4.78 is 15.3. The van der Waals surface area contributed by atoms with Gasteiger partial charge in [0.15, 0.2) is 5.75 Å². The third-order valence-corrected chi connectivity index (χ3v) is 1.52. The molecular weight excluding hydrogens is 170 g/mol. The van der Waals surface area contributed by atoms with Crippen molar-refractivity contribution in [1.82, 2.24) is 4.98 Å². The van der Waals surface area contributed by atoms with E-state index >= 15 is 0 Å². The fourth-order valence-electron chi connectivity index (χ4n) is 0.959. The molecule has 0 aliphatic rings. The number of methoxy groups -OCH3 is 2. The Balaban J connectivity index is 2.91. The van der Waals surface area contributed by atoms with Crippen molar-refractivity contribution in [3.05, 3.63) is 12.3 Å². The minimum Gasteiger partial charge on any atom is -0.492 e. The van der Waals surface area contributed by atoms with Crippen LogP contribution in [0.3, 0.4) is 0 Å². The first-order chi connectivity index (χ1) is 6.31. The van der Waals surface area contributed by atoms with Gasteiger partial charge < -0.3 is 14.2 Å². The summed E-state index contributed by atoms with van der Waals surface area (Å²) in [5.74, 6) is 1.72. The second kappa shape index (κ2) is 4.54. The van der Waals surface area contributed by atoms with Crippen LogP contribution in [0.25, 0.3) is 0 Å². The Labute approximate surface area is 77.5 Å². The minimum absolute atomic E-state index is 0.464. The molecule has 0 aliphatic heterocycles. The maximum atomic E-state index is 5.25. The number of aromatic nitrogens is 1. The molecule has 0 saturated carbocycles. The predicted octanol–water partition coefficient (Wildman–Crippen LogP) is 1.50. The van der Waals surface area contributed by atoms with Crippen LogP contribution in [0, 0.1) is 0 Å². The average molecular weight is 183 g/mol. The van der Waals surface area contributed by atoms with Crippen LogP contribution in [0.2, 0.25) is 0 Å². The van der Waals surface area contributed by atoms with Gasteiger partial charge in [0, 0.05) is 6.07 Å². The molecule has 0 spiro atoms. The second-order valence-corrected chi connectivity index (χ2v) is 2.32. The number of nitrogens with zero attached hydrogens (tertiary/aromatic N) is 1. The van der Waals surface area contributed by atoms with E-state index in [9.17, 15) is 0 Å². The molecule has 0 saturated heterocycles. The van der Waals surface area contributed by atoms with Crippen LogP contribution in [0.15, 0.2) is 12.3 Å². The van der Waals surface area contributed by atoms with E-state index in [0.717, 1.165) is 0 Å². The van der Waals surface area contributed by atoms with Crippen molar-refractivity contribution in [2.24, 2.45) is 0 Å². The molecule has 4 nitrogen and oxygen atoms in total. The second-order valence-electron chi connectivity index (χ2n) is 2.32. The SMILES string of the molecule is CCOc1cnc(OC)c(OC)c1. The molecule has 0 radical (unpaired) electrons. The largest absolute Gasteiger partial charge is 0.492 e. The highest BCUT2D eigenvalue weighted by Crippen LogP contribution is 2.27. The zero-order chi connectivity index (χ0) is 9.68. The van der Waals surface area contributed by atoms with E-state index < -0.39 is 0 Å². The van der Waals surface area contributed by atoms with Gasteiger partial charge >= 0.3 is 0 Å². The Morgan fingerprint density at radius 1 is 1.31 bits per heavy atom. The van der Waals surface area contributed by atoms with Crippen molar-refractivity contribution in [3.8, 4) is 17.4 Å². The van der Waals surface area contributed by atoms with Gasteiger partial charge in [0.2, 0.25) is 0 Å². The third kappa shape index (κ3) is 2.24. The molecular formula is C9H13NO3. The van der Waals surface area contributed by atoms with Crippen LogP contribution in [-0.2, 0) is 0 Å². The third-order valence-electron chi connectivity index (χ3n) is 1.52. The first-order valence-corrected chi connectivity index (χ1v) is 4.02. The van der Waals surface area contributed by atoms with Gasteiger partial charge in [0.25, 0.3) is 5.88 Å². The van der Waals surface area contributed by atoms with Gasteiger partial charge in [-0.05, 0) is 6.92 Å². The molecule has 1 heterocycles. The maximum Gasteiger partial charge on any atom is 0.256 e. The molecule has 4 heteroatoms. The summed E-state index contributed by atoms with van der Waals surface area (Å²) in [5, 5.41) is 0. The zero-order valence-corrected chi connectivity index (χ0v) is 8.03. The summed E-state index contributed by atoms with van der Waals surface area (Å²) in [6.07, 6.45) is 1.60. The Hall–Kier alpha value is -1.45. The highest BCUT2D eigenvalue weighted by molar-refractivity contribution is 5.38. The zero-order valence-electron chi connectivity index (χ0n) is 8.03. The Morgan fingerprint density at radius 3 is 2.62 bits per heavy atom. The Morgan fingerprint density at radius 2 is 2.08 bits per heavy atom. The fourth-order valence-corrected chi connectivity index (χ4v) is 0.959. The molecule has 1 aromatic rings. The Bertz CT molecular complexity index is 276. The topological polar surface area (TPSA) is 40.6 Å². The Kier molecular flexibility index (Phi) is 3.37.